The van der Waals surface area contributed by atoms with Gasteiger partial charge in [0.2, 0.25) is 0 Å². The number of anilines is 1. The number of halogens is 1. The fourth-order valence-electron chi connectivity index (χ4n) is 3.86. The van der Waals surface area contributed by atoms with E-state index in [-0.39, 0.29) is 22.0 Å². The number of benzene rings is 3. The number of hydrogen-bond acceptors (Lipinski definition) is 6. The number of nitrogens with one attached hydrogen (secondary N) is 3. The summed E-state index contributed by atoms with van der Waals surface area (Å²) >= 11 is 0. The average molecular weight is 564 g/mol. The molecule has 2 amide bonds. The largest absolute Gasteiger partial charge is 0.495 e. The van der Waals surface area contributed by atoms with Gasteiger partial charge in [-0.2, -0.15) is 5.10 Å². The maximum Gasteiger partial charge on any atom is 0.269 e. The Morgan fingerprint density at radius 2 is 1.70 bits per heavy atom. The van der Waals surface area contributed by atoms with Gasteiger partial charge in [-0.05, 0) is 74.5 Å². The minimum Gasteiger partial charge on any atom is -0.495 e. The molecule has 4 rings (SSSR count). The third-order valence-electron chi connectivity index (χ3n) is 5.88. The Labute approximate surface area is 230 Å². The summed E-state index contributed by atoms with van der Waals surface area (Å²) in [6, 6.07) is 17.7. The number of hydrogen-bond donors (Lipinski definition) is 3. The molecule has 206 valence electrons. The van der Waals surface area contributed by atoms with Gasteiger partial charge in [-0.15, -0.1) is 0 Å². The highest BCUT2D eigenvalue weighted by Crippen LogP contribution is 2.26. The molecule has 0 atom stereocenters. The number of amides is 2. The van der Waals surface area contributed by atoms with Gasteiger partial charge >= 0.3 is 0 Å². The first-order valence-corrected chi connectivity index (χ1v) is 13.4. The molecular formula is C28H26FN5O5S. The second-order valence-corrected chi connectivity index (χ2v) is 10.3. The lowest BCUT2D eigenvalue weighted by Gasteiger charge is -2.12. The van der Waals surface area contributed by atoms with Gasteiger partial charge in [0.05, 0.1) is 29.1 Å². The summed E-state index contributed by atoms with van der Waals surface area (Å²) in [6.45, 7) is 3.59. The predicted molar refractivity (Wildman–Crippen MR) is 148 cm³/mol. The fourth-order valence-corrected chi connectivity index (χ4v) is 4.97. The van der Waals surface area contributed by atoms with Crippen molar-refractivity contribution in [3.05, 3.63) is 107 Å². The van der Waals surface area contributed by atoms with Gasteiger partial charge in [0.25, 0.3) is 21.8 Å². The van der Waals surface area contributed by atoms with Crippen molar-refractivity contribution in [2.45, 2.75) is 18.7 Å². The lowest BCUT2D eigenvalue weighted by molar-refractivity contribution is -0.117. The van der Waals surface area contributed by atoms with Crippen molar-refractivity contribution in [2.75, 3.05) is 11.8 Å². The van der Waals surface area contributed by atoms with Crippen molar-refractivity contribution in [3.8, 4) is 11.4 Å². The molecular weight excluding hydrogens is 537 g/mol. The first-order chi connectivity index (χ1) is 19.1. The van der Waals surface area contributed by atoms with Crippen LogP contribution in [-0.4, -0.2) is 37.1 Å². The standard InChI is InChI=1S/C28H26FN5O5S/c1-18-24(19(2)34(32-18)22-13-11-21(29)12-14-22)15-16-27(35)30-31-28(36)20-7-6-8-23(17-20)40(37,38)33-25-9-4-5-10-26(25)39-3/h4-17,33H,1-3H3,(H,30,35)(H,31,36)/b16-15+. The molecule has 40 heavy (non-hydrogen) atoms. The van der Waals surface area contributed by atoms with Crippen LogP contribution in [0.5, 0.6) is 5.75 Å². The molecule has 12 heteroatoms. The van der Waals surface area contributed by atoms with E-state index in [0.717, 1.165) is 5.69 Å². The van der Waals surface area contributed by atoms with Crippen LogP contribution in [-0.2, 0) is 14.8 Å². The zero-order chi connectivity index (χ0) is 28.9. The first kappa shape index (κ1) is 28.0. The van der Waals surface area contributed by atoms with Crippen LogP contribution >= 0.6 is 0 Å². The van der Waals surface area contributed by atoms with Crippen LogP contribution in [0.1, 0.15) is 27.3 Å². The summed E-state index contributed by atoms with van der Waals surface area (Å²) in [6.07, 6.45) is 2.78. The topological polar surface area (TPSA) is 131 Å². The summed E-state index contributed by atoms with van der Waals surface area (Å²) in [5.41, 5.74) is 7.53. The average Bonchev–Trinajstić information content (AvgIpc) is 3.23. The Bertz CT molecular complexity index is 1700. The first-order valence-electron chi connectivity index (χ1n) is 12.0. The highest BCUT2D eigenvalue weighted by molar-refractivity contribution is 7.92. The smallest absolute Gasteiger partial charge is 0.269 e. The van der Waals surface area contributed by atoms with Gasteiger partial charge < -0.3 is 4.74 Å². The molecule has 0 bridgehead atoms. The third-order valence-corrected chi connectivity index (χ3v) is 7.24. The van der Waals surface area contributed by atoms with Crippen molar-refractivity contribution >= 4 is 33.6 Å². The molecule has 3 N–H and O–H groups in total. The minimum atomic E-state index is -4.04. The molecule has 0 aliphatic heterocycles. The number of para-hydroxylation sites is 2. The maximum absolute atomic E-state index is 13.3. The molecule has 0 saturated heterocycles. The van der Waals surface area contributed by atoms with E-state index in [1.165, 1.54) is 49.6 Å². The zero-order valence-electron chi connectivity index (χ0n) is 21.8. The van der Waals surface area contributed by atoms with Crippen molar-refractivity contribution in [2.24, 2.45) is 0 Å². The lowest BCUT2D eigenvalue weighted by atomic mass is 10.2. The minimum absolute atomic E-state index is 0.0134. The van der Waals surface area contributed by atoms with E-state index in [4.69, 9.17) is 4.74 Å². The SMILES string of the molecule is COc1ccccc1NS(=O)(=O)c1cccc(C(=O)NNC(=O)/C=C/c2c(C)nn(-c3ccc(F)cc3)c2C)c1. The molecule has 1 aromatic heterocycles. The van der Waals surface area contributed by atoms with Crippen LogP contribution in [0.15, 0.2) is 83.8 Å². The number of carbonyl (C=O) groups excluding carboxylic acids is 2. The predicted octanol–water partition coefficient (Wildman–Crippen LogP) is 3.91. The van der Waals surface area contributed by atoms with Crippen molar-refractivity contribution in [3.63, 3.8) is 0 Å². The van der Waals surface area contributed by atoms with Crippen LogP contribution in [0, 0.1) is 19.7 Å². The van der Waals surface area contributed by atoms with E-state index in [1.54, 1.807) is 54.1 Å². The number of sulfonamides is 1. The molecule has 3 aromatic carbocycles. The van der Waals surface area contributed by atoms with Gasteiger partial charge in [0.1, 0.15) is 11.6 Å². The number of nitrogens with zero attached hydrogens (tertiary/aromatic N) is 2. The van der Waals surface area contributed by atoms with Crippen molar-refractivity contribution < 1.29 is 27.1 Å². The molecule has 0 fully saturated rings. The van der Waals surface area contributed by atoms with Gasteiger partial charge in [0.15, 0.2) is 0 Å². The number of aryl methyl sites for hydroxylation is 1. The number of ether oxygens (including phenoxy) is 1. The third kappa shape index (κ3) is 6.35. The Kier molecular flexibility index (Phi) is 8.29. The van der Waals surface area contributed by atoms with Crippen LogP contribution in [0.2, 0.25) is 0 Å². The zero-order valence-corrected chi connectivity index (χ0v) is 22.6. The van der Waals surface area contributed by atoms with E-state index >= 15 is 0 Å². The highest BCUT2D eigenvalue weighted by atomic mass is 32.2. The molecule has 10 nitrogen and oxygen atoms in total. The van der Waals surface area contributed by atoms with Crippen molar-refractivity contribution in [1.29, 1.82) is 0 Å². The Morgan fingerprint density at radius 1 is 0.975 bits per heavy atom. The van der Waals surface area contributed by atoms with Gasteiger partial charge in [0, 0.05) is 22.9 Å². The summed E-state index contributed by atoms with van der Waals surface area (Å²) < 4.78 is 48.3. The van der Waals surface area contributed by atoms with Crippen LogP contribution in [0.25, 0.3) is 11.8 Å². The Balaban J connectivity index is 1.41. The van der Waals surface area contributed by atoms with Gasteiger partial charge in [-0.3, -0.25) is 25.2 Å². The van der Waals surface area contributed by atoms with E-state index in [1.807, 2.05) is 6.92 Å². The van der Waals surface area contributed by atoms with E-state index in [2.05, 4.69) is 20.7 Å². The summed E-state index contributed by atoms with van der Waals surface area (Å²) in [5, 5.41) is 4.45. The van der Waals surface area contributed by atoms with Crippen molar-refractivity contribution in [1.82, 2.24) is 20.6 Å². The molecule has 0 aliphatic carbocycles. The second-order valence-electron chi connectivity index (χ2n) is 8.58. The Morgan fingerprint density at radius 3 is 2.42 bits per heavy atom. The molecule has 1 heterocycles. The molecule has 0 unspecified atom stereocenters. The number of aromatic nitrogens is 2. The van der Waals surface area contributed by atoms with Crippen LogP contribution in [0.4, 0.5) is 10.1 Å². The van der Waals surface area contributed by atoms with Gasteiger partial charge in [-0.25, -0.2) is 17.5 Å². The number of hydrazine groups is 1. The normalized spacial score (nSPS) is 11.3. The molecule has 0 aliphatic rings. The second kappa shape index (κ2) is 11.8. The maximum atomic E-state index is 13.3. The Hall–Kier alpha value is -4.97. The number of carbonyl (C=O) groups is 2. The molecule has 0 radical (unpaired) electrons. The quantitative estimate of drug-likeness (QED) is 0.220. The summed E-state index contributed by atoms with van der Waals surface area (Å²) in [5.74, 6) is -1.36. The van der Waals surface area contributed by atoms with Crippen LogP contribution < -0.4 is 20.3 Å². The molecule has 0 saturated carbocycles. The monoisotopic (exact) mass is 563 g/mol. The fraction of sp³-hybridized carbons (Fsp3) is 0.107. The summed E-state index contributed by atoms with van der Waals surface area (Å²) in [4.78, 5) is 24.9. The lowest BCUT2D eigenvalue weighted by Crippen LogP contribution is -2.40. The molecule has 4 aromatic rings. The molecule has 0 spiro atoms. The highest BCUT2D eigenvalue weighted by Gasteiger charge is 2.18. The number of rotatable bonds is 8. The van der Waals surface area contributed by atoms with E-state index < -0.39 is 21.8 Å². The van der Waals surface area contributed by atoms with E-state index in [0.29, 0.717) is 22.7 Å². The summed E-state index contributed by atoms with van der Waals surface area (Å²) in [7, 11) is -2.61. The number of methoxy groups -OCH3 is 1. The van der Waals surface area contributed by atoms with Crippen LogP contribution in [0.3, 0.4) is 0 Å². The van der Waals surface area contributed by atoms with E-state index in [9.17, 15) is 22.4 Å². The van der Waals surface area contributed by atoms with Gasteiger partial charge in [-0.1, -0.05) is 18.2 Å².